The van der Waals surface area contributed by atoms with Crippen molar-refractivity contribution in [3.05, 3.63) is 58.9 Å². The molecule has 0 fully saturated rings. The van der Waals surface area contributed by atoms with E-state index in [2.05, 4.69) is 14.9 Å². The van der Waals surface area contributed by atoms with Gasteiger partial charge in [-0.25, -0.2) is 17.9 Å². The fourth-order valence-electron chi connectivity index (χ4n) is 2.70. The van der Waals surface area contributed by atoms with Crippen molar-refractivity contribution in [1.29, 1.82) is 0 Å². The molecular weight excluding hydrogens is 458 g/mol. The van der Waals surface area contributed by atoms with E-state index in [1.807, 2.05) is 0 Å². The van der Waals surface area contributed by atoms with E-state index >= 15 is 0 Å². The Morgan fingerprint density at radius 1 is 1.12 bits per heavy atom. The predicted molar refractivity (Wildman–Crippen MR) is 117 cm³/mol. The largest absolute Gasteiger partial charge is 0.495 e. The lowest BCUT2D eigenvalue weighted by Gasteiger charge is -2.21. The van der Waals surface area contributed by atoms with E-state index in [9.17, 15) is 13.2 Å². The topological polar surface area (TPSA) is 121 Å². The summed E-state index contributed by atoms with van der Waals surface area (Å²) in [5, 5.41) is 8.34. The molecule has 0 saturated carbocycles. The highest BCUT2D eigenvalue weighted by Gasteiger charge is 2.27. The summed E-state index contributed by atoms with van der Waals surface area (Å²) in [6.07, 6.45) is 0. The first-order chi connectivity index (χ1) is 15.0. The smallest absolute Gasteiger partial charge is 0.338 e. The summed E-state index contributed by atoms with van der Waals surface area (Å²) in [5.41, 5.74) is -0.0338. The van der Waals surface area contributed by atoms with Crippen LogP contribution in [0, 0.1) is 0 Å². The average Bonchev–Trinajstić information content (AvgIpc) is 3.19. The first kappa shape index (κ1) is 23.7. The van der Waals surface area contributed by atoms with Crippen LogP contribution in [0.3, 0.4) is 0 Å². The lowest BCUT2D eigenvalue weighted by molar-refractivity contribution is 0.0438. The van der Waals surface area contributed by atoms with Gasteiger partial charge in [-0.2, -0.15) is 0 Å². The maximum Gasteiger partial charge on any atom is 0.338 e. The third-order valence-electron chi connectivity index (χ3n) is 4.01. The van der Waals surface area contributed by atoms with Gasteiger partial charge in [0.1, 0.15) is 10.6 Å². The minimum atomic E-state index is -3.95. The second-order valence-corrected chi connectivity index (χ2v) is 9.89. The Balaban J connectivity index is 1.75. The van der Waals surface area contributed by atoms with Crippen LogP contribution < -0.4 is 9.46 Å². The molecule has 3 rings (SSSR count). The Kier molecular flexibility index (Phi) is 6.87. The van der Waals surface area contributed by atoms with Crippen LogP contribution >= 0.6 is 11.6 Å². The monoisotopic (exact) mass is 479 g/mol. The zero-order valence-electron chi connectivity index (χ0n) is 17.9. The number of hydrogen-bond acceptors (Lipinski definition) is 8. The van der Waals surface area contributed by atoms with Gasteiger partial charge in [-0.15, -0.1) is 10.2 Å². The standard InChI is InChI=1S/C21H22ClN3O6S/c1-21(2,3)25-32(27,28)17-11-14(7-10-16(17)29-4)20(26)30-12-18-23-24-19(31-18)13-5-8-15(22)9-6-13/h5-11,25H,12H2,1-4H3. The van der Waals surface area contributed by atoms with Crippen molar-refractivity contribution >= 4 is 27.6 Å². The first-order valence-electron chi connectivity index (χ1n) is 9.46. The van der Waals surface area contributed by atoms with Gasteiger partial charge in [-0.1, -0.05) is 11.6 Å². The van der Waals surface area contributed by atoms with Crippen LogP contribution in [0.2, 0.25) is 5.02 Å². The highest BCUT2D eigenvalue weighted by molar-refractivity contribution is 7.89. The van der Waals surface area contributed by atoms with Gasteiger partial charge in [0.2, 0.25) is 15.9 Å². The predicted octanol–water partition coefficient (Wildman–Crippen LogP) is 3.83. The van der Waals surface area contributed by atoms with Crippen LogP contribution in [0.15, 0.2) is 51.8 Å². The number of benzene rings is 2. The van der Waals surface area contributed by atoms with Crippen molar-refractivity contribution in [1.82, 2.24) is 14.9 Å². The van der Waals surface area contributed by atoms with Crippen LogP contribution in [-0.2, 0) is 21.4 Å². The Bertz CT molecular complexity index is 1220. The van der Waals surface area contributed by atoms with Crippen LogP contribution in [0.4, 0.5) is 0 Å². The second-order valence-electron chi connectivity index (χ2n) is 7.81. The maximum absolute atomic E-state index is 12.8. The van der Waals surface area contributed by atoms with Crippen molar-refractivity contribution < 1.29 is 27.1 Å². The summed E-state index contributed by atoms with van der Waals surface area (Å²) >= 11 is 5.86. The SMILES string of the molecule is COc1ccc(C(=O)OCc2nnc(-c3ccc(Cl)cc3)o2)cc1S(=O)(=O)NC(C)(C)C. The number of hydrogen-bond donors (Lipinski definition) is 1. The molecule has 9 nitrogen and oxygen atoms in total. The highest BCUT2D eigenvalue weighted by atomic mass is 35.5. The molecule has 2 aromatic carbocycles. The molecule has 0 unspecified atom stereocenters. The molecule has 0 amide bonds. The molecule has 1 aromatic heterocycles. The van der Waals surface area contributed by atoms with Gasteiger partial charge in [0.05, 0.1) is 12.7 Å². The maximum atomic E-state index is 12.8. The van der Waals surface area contributed by atoms with E-state index in [4.69, 9.17) is 25.5 Å². The van der Waals surface area contributed by atoms with Crippen molar-refractivity contribution in [3.63, 3.8) is 0 Å². The molecule has 0 aliphatic heterocycles. The molecule has 11 heteroatoms. The van der Waals surface area contributed by atoms with Gasteiger partial charge in [0.15, 0.2) is 6.61 Å². The molecular formula is C21H22ClN3O6S. The molecule has 0 saturated heterocycles. The summed E-state index contributed by atoms with van der Waals surface area (Å²) < 4.78 is 43.9. The second kappa shape index (κ2) is 9.27. The van der Waals surface area contributed by atoms with Gasteiger partial charge in [0.25, 0.3) is 5.89 Å². The summed E-state index contributed by atoms with van der Waals surface area (Å²) in [6, 6.07) is 10.8. The fourth-order valence-corrected chi connectivity index (χ4v) is 4.44. The number of halogens is 1. The van der Waals surface area contributed by atoms with E-state index in [0.29, 0.717) is 10.6 Å². The molecule has 0 spiro atoms. The van der Waals surface area contributed by atoms with Gasteiger partial charge < -0.3 is 13.9 Å². The molecule has 0 aliphatic rings. The summed E-state index contributed by atoms with van der Waals surface area (Å²) in [6.45, 7) is 4.83. The van der Waals surface area contributed by atoms with Crippen LogP contribution in [0.5, 0.6) is 5.75 Å². The zero-order valence-corrected chi connectivity index (χ0v) is 19.5. The third kappa shape index (κ3) is 5.84. The quantitative estimate of drug-likeness (QED) is 0.507. The summed E-state index contributed by atoms with van der Waals surface area (Å²) in [7, 11) is -2.60. The van der Waals surface area contributed by atoms with Gasteiger partial charge in [-0.3, -0.25) is 0 Å². The summed E-state index contributed by atoms with van der Waals surface area (Å²) in [5.74, 6) is -0.327. The van der Waals surface area contributed by atoms with Crippen molar-refractivity contribution in [2.45, 2.75) is 37.8 Å². The van der Waals surface area contributed by atoms with Gasteiger partial charge >= 0.3 is 5.97 Å². The number of carbonyl (C=O) groups excluding carboxylic acids is 1. The van der Waals surface area contributed by atoms with Crippen molar-refractivity contribution in [3.8, 4) is 17.2 Å². The van der Waals surface area contributed by atoms with Gasteiger partial charge in [-0.05, 0) is 63.2 Å². The number of rotatable bonds is 7. The molecule has 0 radical (unpaired) electrons. The fraction of sp³-hybridized carbons (Fsp3) is 0.286. The van der Waals surface area contributed by atoms with E-state index in [1.165, 1.54) is 25.3 Å². The van der Waals surface area contributed by atoms with E-state index in [0.717, 1.165) is 0 Å². The molecule has 32 heavy (non-hydrogen) atoms. The third-order valence-corrected chi connectivity index (χ3v) is 6.05. The van der Waals surface area contributed by atoms with Crippen LogP contribution in [-0.4, -0.2) is 37.2 Å². The number of carbonyl (C=O) groups is 1. The molecule has 3 aromatic rings. The highest BCUT2D eigenvalue weighted by Crippen LogP contribution is 2.27. The molecule has 0 atom stereocenters. The van der Waals surface area contributed by atoms with E-state index in [-0.39, 0.29) is 34.6 Å². The molecule has 0 aliphatic carbocycles. The Labute approximate surface area is 190 Å². The number of nitrogens with one attached hydrogen (secondary N) is 1. The lowest BCUT2D eigenvalue weighted by Crippen LogP contribution is -2.40. The number of ether oxygens (including phenoxy) is 2. The Hall–Kier alpha value is -2.95. The van der Waals surface area contributed by atoms with Gasteiger partial charge in [0, 0.05) is 16.1 Å². The molecule has 1 N–H and O–H groups in total. The minimum Gasteiger partial charge on any atom is -0.495 e. The Morgan fingerprint density at radius 2 is 1.81 bits per heavy atom. The number of nitrogens with zero attached hydrogens (tertiary/aromatic N) is 2. The number of esters is 1. The van der Waals surface area contributed by atoms with Crippen LogP contribution in [0.1, 0.15) is 37.0 Å². The number of methoxy groups -OCH3 is 1. The minimum absolute atomic E-state index is 0.0255. The molecule has 1 heterocycles. The van der Waals surface area contributed by atoms with Crippen LogP contribution in [0.25, 0.3) is 11.5 Å². The zero-order chi connectivity index (χ0) is 23.5. The molecule has 170 valence electrons. The van der Waals surface area contributed by atoms with Crippen molar-refractivity contribution in [2.24, 2.45) is 0 Å². The normalized spacial score (nSPS) is 11.9. The average molecular weight is 480 g/mol. The number of sulfonamides is 1. The lowest BCUT2D eigenvalue weighted by atomic mass is 10.1. The Morgan fingerprint density at radius 3 is 2.44 bits per heavy atom. The van der Waals surface area contributed by atoms with E-state index in [1.54, 1.807) is 45.0 Å². The number of aromatic nitrogens is 2. The van der Waals surface area contributed by atoms with E-state index < -0.39 is 21.5 Å². The first-order valence-corrected chi connectivity index (χ1v) is 11.3. The molecule has 0 bridgehead atoms. The summed E-state index contributed by atoms with van der Waals surface area (Å²) in [4.78, 5) is 12.3. The van der Waals surface area contributed by atoms with Crippen molar-refractivity contribution in [2.75, 3.05) is 7.11 Å².